The van der Waals surface area contributed by atoms with Gasteiger partial charge in [-0.05, 0) is 62.6 Å². The number of fused-ring (bicyclic) bond motifs is 1. The van der Waals surface area contributed by atoms with E-state index < -0.39 is 4.65 Å². The number of hydrogen-bond donors (Lipinski definition) is 1. The molecule has 2 aromatic carbocycles. The van der Waals surface area contributed by atoms with Gasteiger partial charge in [-0.25, -0.2) is 14.4 Å². The molecule has 0 bridgehead atoms. The average Bonchev–Trinajstić information content (AvgIpc) is 2.86. The largest absolute Gasteiger partial charge is 0.620 e. The van der Waals surface area contributed by atoms with Crippen LogP contribution in [0, 0.1) is 17.9 Å². The molecular formula is C26H31FN6O. The van der Waals surface area contributed by atoms with Gasteiger partial charge in [-0.15, -0.1) is 0 Å². The minimum atomic E-state index is -0.712. The maximum Gasteiger partial charge on any atom is 0.245 e. The Hall–Kier alpha value is -2.91. The number of aromatic nitrogens is 2. The van der Waals surface area contributed by atoms with Crippen LogP contribution in [-0.2, 0) is 6.54 Å². The molecule has 7 nitrogen and oxygen atoms in total. The molecule has 1 atom stereocenters. The van der Waals surface area contributed by atoms with Crippen molar-refractivity contribution >= 4 is 17.5 Å². The van der Waals surface area contributed by atoms with Gasteiger partial charge in [0.2, 0.25) is 11.8 Å². The molecule has 1 fully saturated rings. The zero-order chi connectivity index (χ0) is 23.7. The highest BCUT2D eigenvalue weighted by Crippen LogP contribution is 2.41. The number of hydrazine groups is 1. The number of aryl methyl sites for hydroxylation is 1. The first kappa shape index (κ1) is 22.9. The first-order valence-corrected chi connectivity index (χ1v) is 12.1. The van der Waals surface area contributed by atoms with Crippen molar-refractivity contribution in [1.82, 2.24) is 24.9 Å². The summed E-state index contributed by atoms with van der Waals surface area (Å²) in [6.45, 7) is 7.20. The van der Waals surface area contributed by atoms with Crippen LogP contribution in [0.4, 0.5) is 21.8 Å². The molecule has 0 radical (unpaired) electrons. The van der Waals surface area contributed by atoms with Crippen molar-refractivity contribution in [2.75, 3.05) is 31.3 Å². The Kier molecular flexibility index (Phi) is 6.31. The fourth-order valence-corrected chi connectivity index (χ4v) is 5.04. The second-order valence-electron chi connectivity index (χ2n) is 9.02. The molecule has 5 rings (SSSR count). The van der Waals surface area contributed by atoms with Gasteiger partial charge in [0.05, 0.1) is 11.3 Å². The van der Waals surface area contributed by atoms with E-state index in [1.54, 1.807) is 6.07 Å². The number of piperidine rings is 1. The number of quaternary nitrogens is 1. The van der Waals surface area contributed by atoms with E-state index >= 15 is 0 Å². The first-order chi connectivity index (χ1) is 16.5. The second kappa shape index (κ2) is 9.38. The van der Waals surface area contributed by atoms with Gasteiger partial charge in [-0.2, -0.15) is 4.98 Å². The predicted molar refractivity (Wildman–Crippen MR) is 134 cm³/mol. The molecule has 1 unspecified atom stereocenters. The maximum atomic E-state index is 14.4. The van der Waals surface area contributed by atoms with E-state index in [4.69, 9.17) is 9.97 Å². The van der Waals surface area contributed by atoms with Gasteiger partial charge in [0, 0.05) is 31.7 Å². The van der Waals surface area contributed by atoms with Gasteiger partial charge >= 0.3 is 0 Å². The van der Waals surface area contributed by atoms with E-state index in [1.807, 2.05) is 37.3 Å². The second-order valence-corrected chi connectivity index (χ2v) is 9.02. The fraction of sp³-hybridized carbons (Fsp3) is 0.385. The summed E-state index contributed by atoms with van der Waals surface area (Å²) in [5.74, 6) is 0.687. The molecule has 1 aromatic heterocycles. The Morgan fingerprint density at radius 1 is 1.09 bits per heavy atom. The number of anilines is 1. The molecule has 8 heteroatoms. The molecule has 0 aliphatic carbocycles. The van der Waals surface area contributed by atoms with Crippen molar-refractivity contribution in [1.29, 1.82) is 0 Å². The molecular weight excluding hydrogens is 431 g/mol. The number of hydroxylamine groups is 1. The van der Waals surface area contributed by atoms with Crippen LogP contribution in [0.5, 0.6) is 0 Å². The molecule has 178 valence electrons. The third kappa shape index (κ3) is 4.07. The van der Waals surface area contributed by atoms with Crippen LogP contribution in [-0.4, -0.2) is 41.3 Å². The van der Waals surface area contributed by atoms with Crippen molar-refractivity contribution in [3.8, 4) is 11.3 Å². The summed E-state index contributed by atoms with van der Waals surface area (Å²) in [4.78, 5) is 9.96. The maximum absolute atomic E-state index is 14.4. The van der Waals surface area contributed by atoms with Crippen LogP contribution < -0.4 is 15.0 Å². The van der Waals surface area contributed by atoms with Crippen molar-refractivity contribution in [2.45, 2.75) is 39.7 Å². The van der Waals surface area contributed by atoms with Crippen molar-refractivity contribution in [3.63, 3.8) is 0 Å². The highest BCUT2D eigenvalue weighted by Gasteiger charge is 2.36. The minimum Gasteiger partial charge on any atom is -0.620 e. The number of benzene rings is 2. The lowest BCUT2D eigenvalue weighted by molar-refractivity contribution is 0.207. The normalized spacial score (nSPS) is 20.7. The van der Waals surface area contributed by atoms with Crippen LogP contribution in [0.1, 0.15) is 37.3 Å². The van der Waals surface area contributed by atoms with Crippen molar-refractivity contribution < 1.29 is 4.39 Å². The Balaban J connectivity index is 1.73. The molecule has 3 heterocycles. The summed E-state index contributed by atoms with van der Waals surface area (Å²) in [6.07, 6.45) is 3.47. The number of halogens is 1. The predicted octanol–water partition coefficient (Wildman–Crippen LogP) is 5.02. The Labute approximate surface area is 200 Å². The van der Waals surface area contributed by atoms with E-state index in [1.165, 1.54) is 18.6 Å². The van der Waals surface area contributed by atoms with Crippen molar-refractivity contribution in [2.24, 2.45) is 0 Å². The highest BCUT2D eigenvalue weighted by atomic mass is 19.1. The van der Waals surface area contributed by atoms with Gasteiger partial charge in [-0.3, -0.25) is 15.0 Å². The monoisotopic (exact) mass is 462 g/mol. The Bertz CT molecular complexity index is 1170. The van der Waals surface area contributed by atoms with Crippen LogP contribution in [0.2, 0.25) is 0 Å². The third-order valence-electron chi connectivity index (χ3n) is 6.77. The quantitative estimate of drug-likeness (QED) is 0.424. The van der Waals surface area contributed by atoms with E-state index in [9.17, 15) is 9.60 Å². The summed E-state index contributed by atoms with van der Waals surface area (Å²) < 4.78 is 13.2. The molecule has 0 spiro atoms. The van der Waals surface area contributed by atoms with Crippen molar-refractivity contribution in [3.05, 3.63) is 70.7 Å². The Morgan fingerprint density at radius 2 is 1.85 bits per heavy atom. The molecule has 2 aliphatic rings. The SMILES string of the molecule is CCN(c1nc(-c2ccc(F)cc2C)c2c(n1)[N+]([O-])(c1ccccc1)CNC2)N1CCCCC1. The first-order valence-electron chi connectivity index (χ1n) is 12.1. The average molecular weight is 463 g/mol. The van der Waals surface area contributed by atoms with Gasteiger partial charge in [-0.1, -0.05) is 24.6 Å². The molecule has 3 aromatic rings. The smallest absolute Gasteiger partial charge is 0.245 e. The number of rotatable bonds is 5. The van der Waals surface area contributed by atoms with Gasteiger partial charge in [0.15, 0.2) is 0 Å². The number of para-hydroxylation sites is 1. The number of nitrogens with zero attached hydrogens (tertiary/aromatic N) is 5. The summed E-state index contributed by atoms with van der Waals surface area (Å²) in [5, 5.41) is 22.1. The number of nitrogens with one attached hydrogen (secondary N) is 1. The summed E-state index contributed by atoms with van der Waals surface area (Å²) in [7, 11) is 0. The molecule has 1 saturated heterocycles. The van der Waals surface area contributed by atoms with Gasteiger partial charge in [0.1, 0.15) is 18.2 Å². The number of hydrogen-bond acceptors (Lipinski definition) is 6. The van der Waals surface area contributed by atoms with Crippen LogP contribution >= 0.6 is 0 Å². The zero-order valence-corrected chi connectivity index (χ0v) is 19.8. The molecule has 2 aliphatic heterocycles. The zero-order valence-electron chi connectivity index (χ0n) is 19.8. The lowest BCUT2D eigenvalue weighted by atomic mass is 10.00. The van der Waals surface area contributed by atoms with E-state index in [0.29, 0.717) is 36.2 Å². The van der Waals surface area contributed by atoms with Crippen LogP contribution in [0.15, 0.2) is 48.5 Å². The lowest BCUT2D eigenvalue weighted by Gasteiger charge is -2.45. The minimum absolute atomic E-state index is 0.186. The van der Waals surface area contributed by atoms with Gasteiger partial charge in [0.25, 0.3) is 0 Å². The van der Waals surface area contributed by atoms with E-state index in [2.05, 4.69) is 22.3 Å². The van der Waals surface area contributed by atoms with Crippen LogP contribution in [0.25, 0.3) is 11.3 Å². The standard InChI is InChI=1S/C26H31FN6O/c1-3-32(31-14-8-5-9-15-31)26-29-24(22-13-12-20(27)16-19(22)2)23-17-28-18-33(34,25(23)30-26)21-10-6-4-7-11-21/h4,6-7,10-13,16,28H,3,5,8-9,14-15,17-18H2,1-2H3. The topological polar surface area (TPSA) is 67.3 Å². The highest BCUT2D eigenvalue weighted by molar-refractivity contribution is 5.75. The summed E-state index contributed by atoms with van der Waals surface area (Å²) >= 11 is 0. The molecule has 34 heavy (non-hydrogen) atoms. The van der Waals surface area contributed by atoms with Gasteiger partial charge < -0.3 is 5.21 Å². The van der Waals surface area contributed by atoms with E-state index in [-0.39, 0.29) is 12.5 Å². The Morgan fingerprint density at radius 3 is 2.56 bits per heavy atom. The molecule has 1 N–H and O–H groups in total. The summed E-state index contributed by atoms with van der Waals surface area (Å²) in [5.41, 5.74) is 3.66. The van der Waals surface area contributed by atoms with E-state index in [0.717, 1.165) is 42.6 Å². The molecule has 0 amide bonds. The lowest BCUT2D eigenvalue weighted by Crippen LogP contribution is -2.51. The molecule has 0 saturated carbocycles. The summed E-state index contributed by atoms with van der Waals surface area (Å²) in [6, 6.07) is 14.1. The fourth-order valence-electron chi connectivity index (χ4n) is 5.04. The third-order valence-corrected chi connectivity index (χ3v) is 6.77. The van der Waals surface area contributed by atoms with Crippen LogP contribution in [0.3, 0.4) is 0 Å².